The first-order chi connectivity index (χ1) is 7.79. The molecule has 88 valence electrons. The molecule has 1 aliphatic heterocycles. The normalized spacial score (nSPS) is 16.4. The number of rotatable bonds is 3. The van der Waals surface area contributed by atoms with Crippen molar-refractivity contribution in [3.05, 3.63) is 5.82 Å². The summed E-state index contributed by atoms with van der Waals surface area (Å²) >= 11 is 0. The minimum Gasteiger partial charge on any atom is -0.378 e. The lowest BCUT2D eigenvalue weighted by Crippen LogP contribution is -2.37. The third-order valence-corrected chi connectivity index (χ3v) is 2.25. The standard InChI is InChI=1S/C9H15N5O2/c1-15-6-7-11-8(10)13-9(12-7)14-2-4-16-5-3-14/h2-6H2,1H3,(H2,10,11,12,13). The molecule has 1 aliphatic rings. The number of aromatic nitrogens is 3. The van der Waals surface area contributed by atoms with Gasteiger partial charge in [0.15, 0.2) is 5.82 Å². The number of hydrogen-bond donors (Lipinski definition) is 1. The Bertz CT molecular complexity index is 354. The van der Waals surface area contributed by atoms with E-state index in [2.05, 4.69) is 15.0 Å². The van der Waals surface area contributed by atoms with Crippen molar-refractivity contribution in [1.82, 2.24) is 15.0 Å². The number of morpholine rings is 1. The van der Waals surface area contributed by atoms with Gasteiger partial charge in [-0.2, -0.15) is 15.0 Å². The predicted molar refractivity (Wildman–Crippen MR) is 58.0 cm³/mol. The lowest BCUT2D eigenvalue weighted by atomic mass is 10.4. The molecule has 1 aromatic heterocycles. The van der Waals surface area contributed by atoms with E-state index in [4.69, 9.17) is 15.2 Å². The Labute approximate surface area is 93.6 Å². The van der Waals surface area contributed by atoms with E-state index in [9.17, 15) is 0 Å². The van der Waals surface area contributed by atoms with Gasteiger partial charge in [0.25, 0.3) is 0 Å². The maximum Gasteiger partial charge on any atom is 0.230 e. The molecule has 2 N–H and O–H groups in total. The van der Waals surface area contributed by atoms with Crippen molar-refractivity contribution in [3.8, 4) is 0 Å². The van der Waals surface area contributed by atoms with Gasteiger partial charge in [-0.05, 0) is 0 Å². The van der Waals surface area contributed by atoms with Crippen molar-refractivity contribution in [2.75, 3.05) is 44.0 Å². The molecule has 0 spiro atoms. The molecule has 1 saturated heterocycles. The highest BCUT2D eigenvalue weighted by molar-refractivity contribution is 5.34. The first-order valence-corrected chi connectivity index (χ1v) is 5.11. The second-order valence-corrected chi connectivity index (χ2v) is 3.44. The van der Waals surface area contributed by atoms with Crippen molar-refractivity contribution in [2.24, 2.45) is 0 Å². The lowest BCUT2D eigenvalue weighted by molar-refractivity contribution is 0.122. The smallest absolute Gasteiger partial charge is 0.230 e. The fourth-order valence-corrected chi connectivity index (χ4v) is 1.52. The summed E-state index contributed by atoms with van der Waals surface area (Å²) in [6.07, 6.45) is 0. The van der Waals surface area contributed by atoms with Gasteiger partial charge in [0, 0.05) is 20.2 Å². The summed E-state index contributed by atoms with van der Waals surface area (Å²) in [6.45, 7) is 3.26. The molecule has 1 aromatic rings. The Hall–Kier alpha value is -1.47. The highest BCUT2D eigenvalue weighted by Gasteiger charge is 2.15. The maximum atomic E-state index is 5.62. The molecular formula is C9H15N5O2. The summed E-state index contributed by atoms with van der Waals surface area (Å²) in [7, 11) is 1.59. The van der Waals surface area contributed by atoms with Gasteiger partial charge >= 0.3 is 0 Å². The van der Waals surface area contributed by atoms with E-state index in [1.54, 1.807) is 7.11 Å². The topological polar surface area (TPSA) is 86.4 Å². The molecule has 0 radical (unpaired) electrons. The highest BCUT2D eigenvalue weighted by atomic mass is 16.5. The van der Waals surface area contributed by atoms with E-state index >= 15 is 0 Å². The number of anilines is 2. The molecule has 0 saturated carbocycles. The van der Waals surface area contributed by atoms with Gasteiger partial charge in [-0.3, -0.25) is 0 Å². The Kier molecular flexibility index (Phi) is 3.47. The maximum absolute atomic E-state index is 5.62. The van der Waals surface area contributed by atoms with Crippen LogP contribution in [0.3, 0.4) is 0 Å². The van der Waals surface area contributed by atoms with Crippen LogP contribution in [-0.4, -0.2) is 48.4 Å². The zero-order valence-corrected chi connectivity index (χ0v) is 9.22. The fraction of sp³-hybridized carbons (Fsp3) is 0.667. The van der Waals surface area contributed by atoms with Gasteiger partial charge < -0.3 is 20.1 Å². The summed E-state index contributed by atoms with van der Waals surface area (Å²) in [6, 6.07) is 0. The van der Waals surface area contributed by atoms with Gasteiger partial charge in [-0.15, -0.1) is 0 Å². The first kappa shape index (κ1) is 11.0. The molecule has 0 bridgehead atoms. The first-order valence-electron chi connectivity index (χ1n) is 5.11. The molecule has 0 atom stereocenters. The minimum absolute atomic E-state index is 0.226. The average molecular weight is 225 g/mol. The average Bonchev–Trinajstić information content (AvgIpc) is 2.30. The SMILES string of the molecule is COCc1nc(N)nc(N2CCOCC2)n1. The Morgan fingerprint density at radius 3 is 2.75 bits per heavy atom. The van der Waals surface area contributed by atoms with Crippen LogP contribution >= 0.6 is 0 Å². The number of nitrogens with two attached hydrogens (primary N) is 1. The van der Waals surface area contributed by atoms with Crippen LogP contribution in [0, 0.1) is 0 Å². The summed E-state index contributed by atoms with van der Waals surface area (Å²) in [4.78, 5) is 14.4. The third kappa shape index (κ3) is 2.56. The van der Waals surface area contributed by atoms with Gasteiger partial charge in [0.05, 0.1) is 13.2 Å². The Balaban J connectivity index is 2.18. The number of ether oxygens (including phenoxy) is 2. The molecule has 7 nitrogen and oxygen atoms in total. The van der Waals surface area contributed by atoms with Gasteiger partial charge in [-0.25, -0.2) is 0 Å². The number of hydrogen-bond acceptors (Lipinski definition) is 7. The number of nitrogens with zero attached hydrogens (tertiary/aromatic N) is 4. The zero-order chi connectivity index (χ0) is 11.4. The van der Waals surface area contributed by atoms with Crippen LogP contribution in [0.15, 0.2) is 0 Å². The van der Waals surface area contributed by atoms with Crippen LogP contribution in [0.2, 0.25) is 0 Å². The predicted octanol–water partition coefficient (Wildman–Crippen LogP) is -0.563. The molecule has 0 unspecified atom stereocenters. The zero-order valence-electron chi connectivity index (χ0n) is 9.22. The van der Waals surface area contributed by atoms with Crippen molar-refractivity contribution >= 4 is 11.9 Å². The van der Waals surface area contributed by atoms with Crippen LogP contribution in [0.4, 0.5) is 11.9 Å². The molecular weight excluding hydrogens is 210 g/mol. The molecule has 2 rings (SSSR count). The van der Waals surface area contributed by atoms with E-state index in [0.29, 0.717) is 31.6 Å². The molecule has 1 fully saturated rings. The summed E-state index contributed by atoms with van der Waals surface area (Å²) in [5, 5.41) is 0. The van der Waals surface area contributed by atoms with Crippen LogP contribution in [-0.2, 0) is 16.1 Å². The second kappa shape index (κ2) is 5.04. The van der Waals surface area contributed by atoms with E-state index in [0.717, 1.165) is 13.1 Å². The van der Waals surface area contributed by atoms with Crippen LogP contribution < -0.4 is 10.6 Å². The molecule has 0 aromatic carbocycles. The molecule has 0 amide bonds. The highest BCUT2D eigenvalue weighted by Crippen LogP contribution is 2.11. The van der Waals surface area contributed by atoms with E-state index in [1.165, 1.54) is 0 Å². The Morgan fingerprint density at radius 2 is 2.06 bits per heavy atom. The Morgan fingerprint density at radius 1 is 1.31 bits per heavy atom. The fourth-order valence-electron chi connectivity index (χ4n) is 1.52. The summed E-state index contributed by atoms with van der Waals surface area (Å²) in [5.74, 6) is 1.38. The van der Waals surface area contributed by atoms with Crippen molar-refractivity contribution in [2.45, 2.75) is 6.61 Å². The molecule has 7 heteroatoms. The van der Waals surface area contributed by atoms with Crippen molar-refractivity contribution in [1.29, 1.82) is 0 Å². The van der Waals surface area contributed by atoms with Gasteiger partial charge in [0.2, 0.25) is 11.9 Å². The number of methoxy groups -OCH3 is 1. The third-order valence-electron chi connectivity index (χ3n) is 2.25. The van der Waals surface area contributed by atoms with E-state index < -0.39 is 0 Å². The van der Waals surface area contributed by atoms with Crippen LogP contribution in [0.1, 0.15) is 5.82 Å². The van der Waals surface area contributed by atoms with E-state index in [-0.39, 0.29) is 5.95 Å². The summed E-state index contributed by atoms with van der Waals surface area (Å²) < 4.78 is 10.2. The minimum atomic E-state index is 0.226. The van der Waals surface area contributed by atoms with Crippen LogP contribution in [0.5, 0.6) is 0 Å². The number of nitrogen functional groups attached to an aromatic ring is 1. The molecule has 2 heterocycles. The largest absolute Gasteiger partial charge is 0.378 e. The molecule has 0 aliphatic carbocycles. The van der Waals surface area contributed by atoms with Gasteiger partial charge in [0.1, 0.15) is 6.61 Å². The van der Waals surface area contributed by atoms with Gasteiger partial charge in [-0.1, -0.05) is 0 Å². The quantitative estimate of drug-likeness (QED) is 0.737. The van der Waals surface area contributed by atoms with Crippen molar-refractivity contribution in [3.63, 3.8) is 0 Å². The summed E-state index contributed by atoms with van der Waals surface area (Å²) in [5.41, 5.74) is 5.62. The van der Waals surface area contributed by atoms with E-state index in [1.807, 2.05) is 4.90 Å². The lowest BCUT2D eigenvalue weighted by Gasteiger charge is -2.26. The second-order valence-electron chi connectivity index (χ2n) is 3.44. The monoisotopic (exact) mass is 225 g/mol. The van der Waals surface area contributed by atoms with Crippen LogP contribution in [0.25, 0.3) is 0 Å². The molecule has 16 heavy (non-hydrogen) atoms. The van der Waals surface area contributed by atoms with Crippen molar-refractivity contribution < 1.29 is 9.47 Å².